The van der Waals surface area contributed by atoms with Gasteiger partial charge >= 0.3 is 6.01 Å². The molecular weight excluding hydrogens is 323 g/mol. The van der Waals surface area contributed by atoms with Crippen molar-refractivity contribution in [1.29, 1.82) is 0 Å². The van der Waals surface area contributed by atoms with Crippen molar-refractivity contribution in [3.8, 4) is 6.01 Å². The molecule has 2 aromatic rings. The Balaban J connectivity index is 1.72. The molecule has 0 amide bonds. The number of rotatable bonds is 3. The zero-order valence-electron chi connectivity index (χ0n) is 12.2. The molecular formula is C15H16Cl2N4O. The van der Waals surface area contributed by atoms with Crippen molar-refractivity contribution in [3.63, 3.8) is 0 Å². The maximum absolute atomic E-state index is 6.21. The fourth-order valence-electron chi connectivity index (χ4n) is 2.51. The lowest BCUT2D eigenvalue weighted by molar-refractivity contribution is 0.379. The Kier molecular flexibility index (Phi) is 4.55. The lowest BCUT2D eigenvalue weighted by Crippen LogP contribution is -2.47. The number of benzene rings is 1. The predicted octanol–water partition coefficient (Wildman–Crippen LogP) is 3.12. The van der Waals surface area contributed by atoms with E-state index in [9.17, 15) is 0 Å². The minimum absolute atomic E-state index is 0.330. The minimum Gasteiger partial charge on any atom is -0.467 e. The van der Waals surface area contributed by atoms with Crippen LogP contribution in [0.5, 0.6) is 6.01 Å². The van der Waals surface area contributed by atoms with Crippen LogP contribution in [0.15, 0.2) is 30.5 Å². The zero-order chi connectivity index (χ0) is 15.5. The fourth-order valence-corrected chi connectivity index (χ4v) is 2.91. The van der Waals surface area contributed by atoms with Gasteiger partial charge in [-0.3, -0.25) is 0 Å². The monoisotopic (exact) mass is 338 g/mol. The number of anilines is 2. The van der Waals surface area contributed by atoms with Crippen molar-refractivity contribution < 1.29 is 4.74 Å². The predicted molar refractivity (Wildman–Crippen MR) is 89.5 cm³/mol. The third-order valence-electron chi connectivity index (χ3n) is 3.64. The molecule has 0 radical (unpaired) electrons. The summed E-state index contributed by atoms with van der Waals surface area (Å²) >= 11 is 12.3. The molecule has 1 fully saturated rings. The quantitative estimate of drug-likeness (QED) is 0.859. The number of methoxy groups -OCH3 is 1. The molecule has 5 nitrogen and oxygen atoms in total. The molecule has 0 aliphatic carbocycles. The molecule has 0 spiro atoms. The second-order valence-corrected chi connectivity index (χ2v) is 5.83. The first-order chi connectivity index (χ1) is 10.7. The molecule has 2 heterocycles. The average Bonchev–Trinajstić information content (AvgIpc) is 2.55. The van der Waals surface area contributed by atoms with Crippen LogP contribution in [0.4, 0.5) is 11.5 Å². The van der Waals surface area contributed by atoms with Crippen LogP contribution in [-0.2, 0) is 0 Å². The zero-order valence-corrected chi connectivity index (χ0v) is 13.7. The van der Waals surface area contributed by atoms with Gasteiger partial charge in [-0.15, -0.1) is 0 Å². The lowest BCUT2D eigenvalue weighted by atomic mass is 10.2. The molecule has 0 atom stereocenters. The van der Waals surface area contributed by atoms with Crippen LogP contribution in [0, 0.1) is 0 Å². The molecule has 0 N–H and O–H groups in total. The molecule has 0 unspecified atom stereocenters. The second-order valence-electron chi connectivity index (χ2n) is 4.98. The lowest BCUT2D eigenvalue weighted by Gasteiger charge is -2.37. The van der Waals surface area contributed by atoms with Crippen molar-refractivity contribution in [2.45, 2.75) is 0 Å². The van der Waals surface area contributed by atoms with E-state index in [-0.39, 0.29) is 0 Å². The molecule has 1 aliphatic rings. The summed E-state index contributed by atoms with van der Waals surface area (Å²) in [6.07, 6.45) is 1.58. The van der Waals surface area contributed by atoms with E-state index in [0.29, 0.717) is 11.0 Å². The van der Waals surface area contributed by atoms with E-state index >= 15 is 0 Å². The molecule has 22 heavy (non-hydrogen) atoms. The number of hydrogen-bond acceptors (Lipinski definition) is 5. The number of aromatic nitrogens is 2. The minimum atomic E-state index is 0.330. The highest BCUT2D eigenvalue weighted by Crippen LogP contribution is 2.27. The summed E-state index contributed by atoms with van der Waals surface area (Å²) in [5.74, 6) is 0.722. The van der Waals surface area contributed by atoms with Gasteiger partial charge in [0, 0.05) is 36.9 Å². The molecule has 1 saturated heterocycles. The Labute approximate surface area is 139 Å². The topological polar surface area (TPSA) is 41.5 Å². The largest absolute Gasteiger partial charge is 0.467 e. The van der Waals surface area contributed by atoms with Crippen molar-refractivity contribution in [1.82, 2.24) is 9.97 Å². The number of nitrogens with zero attached hydrogens (tertiary/aromatic N) is 4. The van der Waals surface area contributed by atoms with E-state index in [2.05, 4.69) is 25.8 Å². The van der Waals surface area contributed by atoms with Gasteiger partial charge in [-0.1, -0.05) is 29.3 Å². The van der Waals surface area contributed by atoms with E-state index in [1.54, 1.807) is 13.3 Å². The molecule has 1 aliphatic heterocycles. The Morgan fingerprint density at radius 1 is 1.09 bits per heavy atom. The van der Waals surface area contributed by atoms with Crippen molar-refractivity contribution >= 4 is 34.7 Å². The molecule has 7 heteroatoms. The first-order valence-corrected chi connectivity index (χ1v) is 7.75. The number of hydrogen-bond donors (Lipinski definition) is 0. The van der Waals surface area contributed by atoms with E-state index < -0.39 is 0 Å². The third kappa shape index (κ3) is 3.20. The summed E-state index contributed by atoms with van der Waals surface area (Å²) in [5.41, 5.74) is 1.14. The molecule has 1 aromatic heterocycles. The Hall–Kier alpha value is -1.72. The smallest absolute Gasteiger partial charge is 0.318 e. The number of halogens is 2. The Morgan fingerprint density at radius 2 is 1.82 bits per heavy atom. The summed E-state index contributed by atoms with van der Waals surface area (Å²) in [7, 11) is 1.55. The van der Waals surface area contributed by atoms with E-state index in [4.69, 9.17) is 27.9 Å². The molecule has 0 saturated carbocycles. The van der Waals surface area contributed by atoms with Gasteiger partial charge in [0.25, 0.3) is 0 Å². The first kappa shape index (κ1) is 15.2. The molecule has 0 bridgehead atoms. The van der Waals surface area contributed by atoms with Crippen LogP contribution >= 0.6 is 23.2 Å². The summed E-state index contributed by atoms with van der Waals surface area (Å²) in [6.45, 7) is 3.41. The highest BCUT2D eigenvalue weighted by Gasteiger charge is 2.21. The number of piperazine rings is 1. The van der Waals surface area contributed by atoms with Gasteiger partial charge in [-0.2, -0.15) is 4.98 Å². The van der Waals surface area contributed by atoms with Crippen molar-refractivity contribution in [2.24, 2.45) is 0 Å². The van der Waals surface area contributed by atoms with Gasteiger partial charge in [-0.05, 0) is 18.2 Å². The molecule has 1 aromatic carbocycles. The van der Waals surface area contributed by atoms with Crippen molar-refractivity contribution in [2.75, 3.05) is 43.1 Å². The normalized spacial score (nSPS) is 15.0. The van der Waals surface area contributed by atoms with Crippen LogP contribution in [0.3, 0.4) is 0 Å². The number of ether oxygens (including phenoxy) is 1. The van der Waals surface area contributed by atoms with Crippen LogP contribution in [-0.4, -0.2) is 43.3 Å². The first-order valence-electron chi connectivity index (χ1n) is 6.99. The van der Waals surface area contributed by atoms with Crippen LogP contribution in [0.1, 0.15) is 0 Å². The van der Waals surface area contributed by atoms with Gasteiger partial charge in [0.1, 0.15) is 5.02 Å². The maximum atomic E-state index is 6.21. The van der Waals surface area contributed by atoms with Crippen molar-refractivity contribution in [3.05, 3.63) is 40.5 Å². The van der Waals surface area contributed by atoms with Gasteiger partial charge in [0.2, 0.25) is 0 Å². The molecule has 116 valence electrons. The standard InChI is InChI=1S/C15H16Cl2N4O/c1-22-15-18-10-13(17)14(19-15)21-7-5-20(6-8-21)12-4-2-3-11(16)9-12/h2-4,9-10H,5-8H2,1H3. The van der Waals surface area contributed by atoms with Crippen LogP contribution in [0.25, 0.3) is 0 Å². The average molecular weight is 339 g/mol. The van der Waals surface area contributed by atoms with Crippen LogP contribution < -0.4 is 14.5 Å². The van der Waals surface area contributed by atoms with Gasteiger partial charge < -0.3 is 14.5 Å². The summed E-state index contributed by atoms with van der Waals surface area (Å²) < 4.78 is 5.07. The van der Waals surface area contributed by atoms with E-state index in [1.165, 1.54) is 0 Å². The fraction of sp³-hybridized carbons (Fsp3) is 0.333. The van der Waals surface area contributed by atoms with Gasteiger partial charge in [0.15, 0.2) is 5.82 Å². The SMILES string of the molecule is COc1ncc(Cl)c(N2CCN(c3cccc(Cl)c3)CC2)n1. The Bertz CT molecular complexity index is 660. The van der Waals surface area contributed by atoms with Crippen LogP contribution in [0.2, 0.25) is 10.0 Å². The second kappa shape index (κ2) is 6.58. The van der Waals surface area contributed by atoms with E-state index in [1.807, 2.05) is 18.2 Å². The maximum Gasteiger partial charge on any atom is 0.318 e. The summed E-state index contributed by atoms with van der Waals surface area (Å²) in [5, 5.41) is 1.29. The Morgan fingerprint density at radius 3 is 2.50 bits per heavy atom. The van der Waals surface area contributed by atoms with E-state index in [0.717, 1.165) is 42.7 Å². The van der Waals surface area contributed by atoms with Gasteiger partial charge in [0.05, 0.1) is 13.3 Å². The third-order valence-corrected chi connectivity index (χ3v) is 4.14. The summed E-state index contributed by atoms with van der Waals surface area (Å²) in [6, 6.07) is 8.24. The van der Waals surface area contributed by atoms with Gasteiger partial charge in [-0.25, -0.2) is 4.98 Å². The highest BCUT2D eigenvalue weighted by molar-refractivity contribution is 6.32. The molecule has 3 rings (SSSR count). The highest BCUT2D eigenvalue weighted by atomic mass is 35.5. The summed E-state index contributed by atoms with van der Waals surface area (Å²) in [4.78, 5) is 12.8.